The average Bonchev–Trinajstić information content (AvgIpc) is 2.67. The molecular weight excluding hydrogens is 354 g/mol. The highest BCUT2D eigenvalue weighted by atomic mass is 16.5. The van der Waals surface area contributed by atoms with Gasteiger partial charge < -0.3 is 15.4 Å². The molecule has 2 aromatic carbocycles. The van der Waals surface area contributed by atoms with Gasteiger partial charge in [-0.25, -0.2) is 4.79 Å². The number of hydrogen-bond donors (Lipinski definition) is 2. The van der Waals surface area contributed by atoms with Crippen molar-refractivity contribution in [3.63, 3.8) is 0 Å². The second-order valence-electron chi connectivity index (χ2n) is 7.31. The molecule has 3 aromatic rings. The molecule has 2 N–H and O–H groups in total. The monoisotopic (exact) mass is 377 g/mol. The van der Waals surface area contributed by atoms with Gasteiger partial charge in [0.15, 0.2) is 5.82 Å². The van der Waals surface area contributed by atoms with Crippen molar-refractivity contribution in [2.24, 2.45) is 0 Å². The molecule has 0 fully saturated rings. The Morgan fingerprint density at radius 2 is 1.75 bits per heavy atom. The van der Waals surface area contributed by atoms with Gasteiger partial charge in [0.25, 0.3) is 0 Å². The summed E-state index contributed by atoms with van der Waals surface area (Å²) in [6, 6.07) is 15.1. The van der Waals surface area contributed by atoms with E-state index in [1.807, 2.05) is 18.2 Å². The van der Waals surface area contributed by atoms with Crippen LogP contribution in [0.15, 0.2) is 54.7 Å². The topological polar surface area (TPSA) is 89.0 Å². The Kier molecular flexibility index (Phi) is 5.54. The van der Waals surface area contributed by atoms with Crippen molar-refractivity contribution in [3.05, 3.63) is 65.9 Å². The maximum absolute atomic E-state index is 11.7. The predicted molar refractivity (Wildman–Crippen MR) is 109 cm³/mol. The third-order valence-electron chi connectivity index (χ3n) is 4.12. The molecule has 144 valence electrons. The molecule has 3 rings (SSSR count). The second kappa shape index (κ2) is 8.04. The summed E-state index contributed by atoms with van der Waals surface area (Å²) in [5.74, 6) is 0.481. The van der Waals surface area contributed by atoms with Crippen molar-refractivity contribution >= 4 is 29.1 Å². The molecule has 0 radical (unpaired) electrons. The smallest absolute Gasteiger partial charge is 0.337 e. The summed E-state index contributed by atoms with van der Waals surface area (Å²) in [4.78, 5) is 16.1. The molecule has 0 aliphatic rings. The number of carbonyl (C=O) groups is 1. The van der Waals surface area contributed by atoms with E-state index in [2.05, 4.69) is 58.7 Å². The third kappa shape index (κ3) is 4.82. The molecule has 0 saturated heterocycles. The summed E-state index contributed by atoms with van der Waals surface area (Å²) in [6.45, 7) is 6.52. The van der Waals surface area contributed by atoms with Gasteiger partial charge in [-0.3, -0.25) is 0 Å². The number of esters is 1. The van der Waals surface area contributed by atoms with Crippen LogP contribution < -0.4 is 10.6 Å². The minimum absolute atomic E-state index is 0.0964. The molecule has 0 aliphatic heterocycles. The van der Waals surface area contributed by atoms with Gasteiger partial charge in [-0.15, -0.1) is 5.10 Å². The van der Waals surface area contributed by atoms with Crippen molar-refractivity contribution in [1.82, 2.24) is 15.2 Å². The quantitative estimate of drug-likeness (QED) is 0.635. The molecule has 0 bridgehead atoms. The van der Waals surface area contributed by atoms with Crippen LogP contribution in [0.25, 0.3) is 0 Å². The minimum atomic E-state index is -0.398. The van der Waals surface area contributed by atoms with Crippen molar-refractivity contribution in [1.29, 1.82) is 0 Å². The lowest BCUT2D eigenvalue weighted by atomic mass is 9.87. The Labute approximate surface area is 164 Å². The number of nitrogens with one attached hydrogen (secondary N) is 2. The Morgan fingerprint density at radius 1 is 1.00 bits per heavy atom. The van der Waals surface area contributed by atoms with Crippen LogP contribution in [-0.4, -0.2) is 28.3 Å². The van der Waals surface area contributed by atoms with E-state index in [-0.39, 0.29) is 5.41 Å². The normalized spacial score (nSPS) is 11.0. The maximum atomic E-state index is 11.7. The van der Waals surface area contributed by atoms with E-state index in [4.69, 9.17) is 4.74 Å². The fraction of sp³-hybridized carbons (Fsp3) is 0.238. The largest absolute Gasteiger partial charge is 0.465 e. The van der Waals surface area contributed by atoms with Gasteiger partial charge in [-0.2, -0.15) is 10.1 Å². The van der Waals surface area contributed by atoms with Crippen LogP contribution in [0.1, 0.15) is 36.7 Å². The van der Waals surface area contributed by atoms with Crippen LogP contribution in [0.3, 0.4) is 0 Å². The molecule has 0 spiro atoms. The lowest BCUT2D eigenvalue weighted by Crippen LogP contribution is -2.10. The van der Waals surface area contributed by atoms with Crippen LogP contribution in [0, 0.1) is 0 Å². The van der Waals surface area contributed by atoms with Gasteiger partial charge in [0.05, 0.1) is 18.9 Å². The number of nitrogens with zero attached hydrogens (tertiary/aromatic N) is 3. The van der Waals surface area contributed by atoms with E-state index in [1.165, 1.54) is 18.9 Å². The molecule has 7 heteroatoms. The lowest BCUT2D eigenvalue weighted by molar-refractivity contribution is 0.0601. The highest BCUT2D eigenvalue weighted by Gasteiger charge is 2.13. The first kappa shape index (κ1) is 19.3. The highest BCUT2D eigenvalue weighted by Crippen LogP contribution is 2.24. The van der Waals surface area contributed by atoms with E-state index >= 15 is 0 Å². The first-order chi connectivity index (χ1) is 13.3. The molecular formula is C21H23N5O2. The van der Waals surface area contributed by atoms with Crippen LogP contribution in [-0.2, 0) is 10.2 Å². The number of carbonyl (C=O) groups excluding carboxylic acids is 1. The van der Waals surface area contributed by atoms with Crippen molar-refractivity contribution in [2.45, 2.75) is 26.2 Å². The van der Waals surface area contributed by atoms with Gasteiger partial charge in [-0.1, -0.05) is 39.0 Å². The van der Waals surface area contributed by atoms with Crippen molar-refractivity contribution in [3.8, 4) is 0 Å². The summed E-state index contributed by atoms with van der Waals surface area (Å²) >= 11 is 0. The summed E-state index contributed by atoms with van der Waals surface area (Å²) in [6.07, 6.45) is 1.51. The molecule has 0 unspecified atom stereocenters. The molecule has 0 aliphatic carbocycles. The second-order valence-corrected chi connectivity index (χ2v) is 7.31. The highest BCUT2D eigenvalue weighted by molar-refractivity contribution is 5.90. The Bertz CT molecular complexity index is 965. The van der Waals surface area contributed by atoms with Gasteiger partial charge in [0.1, 0.15) is 0 Å². The van der Waals surface area contributed by atoms with Gasteiger partial charge in [0.2, 0.25) is 5.95 Å². The molecule has 0 amide bonds. The average molecular weight is 377 g/mol. The molecule has 0 atom stereocenters. The summed E-state index contributed by atoms with van der Waals surface area (Å²) in [7, 11) is 1.35. The number of aromatic nitrogens is 3. The number of ether oxygens (including phenoxy) is 1. The number of anilines is 4. The summed E-state index contributed by atoms with van der Waals surface area (Å²) in [5.41, 5.74) is 3.37. The maximum Gasteiger partial charge on any atom is 0.337 e. The first-order valence-electron chi connectivity index (χ1n) is 8.88. The third-order valence-corrected chi connectivity index (χ3v) is 4.12. The first-order valence-corrected chi connectivity index (χ1v) is 8.88. The number of rotatable bonds is 5. The molecule has 28 heavy (non-hydrogen) atoms. The Morgan fingerprint density at radius 3 is 2.43 bits per heavy atom. The van der Waals surface area contributed by atoms with Crippen LogP contribution in [0.5, 0.6) is 0 Å². The lowest BCUT2D eigenvalue weighted by Gasteiger charge is -2.19. The molecule has 1 aromatic heterocycles. The standard InChI is InChI=1S/C21H23N5O2/c1-21(2,3)15-8-10-16(11-9-15)24-20-25-18(13-22-26-20)23-17-7-5-6-14(12-17)19(27)28-4/h5-13H,1-4H3,(H2,23,24,25,26). The van der Waals surface area contributed by atoms with E-state index in [0.29, 0.717) is 23.0 Å². The number of methoxy groups -OCH3 is 1. The summed E-state index contributed by atoms with van der Waals surface area (Å²) < 4.78 is 4.74. The number of hydrogen-bond acceptors (Lipinski definition) is 7. The van der Waals surface area contributed by atoms with Crippen LogP contribution in [0.4, 0.5) is 23.1 Å². The van der Waals surface area contributed by atoms with E-state index in [0.717, 1.165) is 5.69 Å². The summed E-state index contributed by atoms with van der Waals surface area (Å²) in [5, 5.41) is 14.3. The zero-order chi connectivity index (χ0) is 20.1. The zero-order valence-corrected chi connectivity index (χ0v) is 16.4. The van der Waals surface area contributed by atoms with Crippen molar-refractivity contribution in [2.75, 3.05) is 17.7 Å². The SMILES string of the molecule is COC(=O)c1cccc(Nc2cnnc(Nc3ccc(C(C)(C)C)cc3)n2)c1. The van der Waals surface area contributed by atoms with Crippen LogP contribution in [0.2, 0.25) is 0 Å². The predicted octanol–water partition coefficient (Wildman–Crippen LogP) is 4.44. The Hall–Kier alpha value is -3.48. The fourth-order valence-electron chi connectivity index (χ4n) is 2.59. The Balaban J connectivity index is 1.73. The van der Waals surface area contributed by atoms with Crippen LogP contribution >= 0.6 is 0 Å². The molecule has 1 heterocycles. The van der Waals surface area contributed by atoms with E-state index in [9.17, 15) is 4.79 Å². The van der Waals surface area contributed by atoms with Crippen molar-refractivity contribution < 1.29 is 9.53 Å². The van der Waals surface area contributed by atoms with Gasteiger partial charge >= 0.3 is 5.97 Å². The molecule has 0 saturated carbocycles. The molecule has 7 nitrogen and oxygen atoms in total. The van der Waals surface area contributed by atoms with E-state index < -0.39 is 5.97 Å². The van der Waals surface area contributed by atoms with E-state index in [1.54, 1.807) is 18.2 Å². The zero-order valence-electron chi connectivity index (χ0n) is 16.4. The fourth-order valence-corrected chi connectivity index (χ4v) is 2.59. The number of benzene rings is 2. The van der Waals surface area contributed by atoms with Gasteiger partial charge in [0, 0.05) is 11.4 Å². The minimum Gasteiger partial charge on any atom is -0.465 e. The van der Waals surface area contributed by atoms with Gasteiger partial charge in [-0.05, 0) is 41.3 Å².